The number of aromatic nitrogens is 2. The van der Waals surface area contributed by atoms with Gasteiger partial charge in [-0.3, -0.25) is 4.79 Å². The Morgan fingerprint density at radius 3 is 2.61 bits per heavy atom. The summed E-state index contributed by atoms with van der Waals surface area (Å²) in [5.41, 5.74) is 5.06. The molecule has 0 aliphatic carbocycles. The minimum Gasteiger partial charge on any atom is -0.327 e. The lowest BCUT2D eigenvalue weighted by molar-refractivity contribution is -0.137. The number of alkyl halides is 3. The highest BCUT2D eigenvalue weighted by molar-refractivity contribution is 8.14. The fourth-order valence-electron chi connectivity index (χ4n) is 2.93. The zero-order valence-electron chi connectivity index (χ0n) is 14.4. The maximum atomic E-state index is 13.0. The number of nitrogens with zero attached hydrogens (tertiary/aromatic N) is 3. The van der Waals surface area contributed by atoms with Crippen LogP contribution < -0.4 is 5.43 Å². The molecule has 0 saturated carbocycles. The number of hydrogen-bond donors (Lipinski definition) is 1. The Bertz CT molecular complexity index is 1090. The molecule has 5 nitrogen and oxygen atoms in total. The fourth-order valence-corrected chi connectivity index (χ4v) is 3.54. The van der Waals surface area contributed by atoms with Crippen molar-refractivity contribution < 1.29 is 18.0 Å². The molecule has 0 fully saturated rings. The van der Waals surface area contributed by atoms with Crippen LogP contribution in [0.3, 0.4) is 0 Å². The van der Waals surface area contributed by atoms with Crippen molar-refractivity contribution in [2.75, 3.05) is 5.75 Å². The molecular formula is C18H14ClF3N4OS. The van der Waals surface area contributed by atoms with Gasteiger partial charge in [0.25, 0.3) is 5.24 Å². The van der Waals surface area contributed by atoms with E-state index in [1.54, 1.807) is 17.7 Å². The van der Waals surface area contributed by atoms with E-state index in [9.17, 15) is 18.0 Å². The average Bonchev–Trinajstić information content (AvgIpc) is 2.98. The number of carbonyl (C=O) groups excluding carboxylic acids is 1. The number of aryl methyl sites for hydroxylation is 1. The maximum Gasteiger partial charge on any atom is 0.416 e. The van der Waals surface area contributed by atoms with Crippen molar-refractivity contribution in [3.05, 3.63) is 53.6 Å². The van der Waals surface area contributed by atoms with Crippen molar-refractivity contribution >= 4 is 46.2 Å². The number of nitrogens with one attached hydrogen (secondary N) is 1. The van der Waals surface area contributed by atoms with Crippen molar-refractivity contribution in [3.63, 3.8) is 0 Å². The van der Waals surface area contributed by atoms with E-state index in [-0.39, 0.29) is 17.6 Å². The number of rotatable bonds is 2. The summed E-state index contributed by atoms with van der Waals surface area (Å²) in [7, 11) is 1.76. The summed E-state index contributed by atoms with van der Waals surface area (Å²) in [5, 5.41) is 3.85. The Kier molecular flexibility index (Phi) is 5.40. The SMILES string of the molecule is Cl.Cn1c(-c2cccc(C(F)(F)F)c2)nc2cc(C3=NNC(=O)SC3)ccc21. The highest BCUT2D eigenvalue weighted by Gasteiger charge is 2.30. The van der Waals surface area contributed by atoms with E-state index in [0.29, 0.717) is 28.4 Å². The summed E-state index contributed by atoms with van der Waals surface area (Å²) in [6.07, 6.45) is -4.41. The maximum absolute atomic E-state index is 13.0. The van der Waals surface area contributed by atoms with E-state index >= 15 is 0 Å². The van der Waals surface area contributed by atoms with E-state index in [2.05, 4.69) is 15.5 Å². The Morgan fingerprint density at radius 2 is 1.93 bits per heavy atom. The normalized spacial score (nSPS) is 14.4. The van der Waals surface area contributed by atoms with Gasteiger partial charge < -0.3 is 4.57 Å². The highest BCUT2D eigenvalue weighted by atomic mass is 35.5. The van der Waals surface area contributed by atoms with Crippen LogP contribution in [-0.2, 0) is 13.2 Å². The van der Waals surface area contributed by atoms with E-state index in [4.69, 9.17) is 0 Å². The van der Waals surface area contributed by atoms with Crippen LogP contribution in [0.15, 0.2) is 47.6 Å². The molecule has 2 heterocycles. The smallest absolute Gasteiger partial charge is 0.327 e. The number of imidazole rings is 1. The molecule has 1 N–H and O–H groups in total. The summed E-state index contributed by atoms with van der Waals surface area (Å²) in [5.74, 6) is 0.895. The van der Waals surface area contributed by atoms with Crippen LogP contribution in [0.1, 0.15) is 11.1 Å². The molecule has 0 saturated heterocycles. The van der Waals surface area contributed by atoms with Gasteiger partial charge in [0, 0.05) is 23.9 Å². The third-order valence-corrected chi connectivity index (χ3v) is 5.06. The van der Waals surface area contributed by atoms with E-state index in [1.165, 1.54) is 6.07 Å². The number of thioether (sulfide) groups is 1. The minimum atomic E-state index is -4.41. The number of halogens is 4. The summed E-state index contributed by atoms with van der Waals surface area (Å²) >= 11 is 1.12. The molecule has 146 valence electrons. The lowest BCUT2D eigenvalue weighted by atomic mass is 10.1. The molecule has 4 rings (SSSR count). The number of hydrogen-bond acceptors (Lipinski definition) is 4. The van der Waals surface area contributed by atoms with Crippen LogP contribution in [0.5, 0.6) is 0 Å². The van der Waals surface area contributed by atoms with Crippen LogP contribution >= 0.6 is 24.2 Å². The quantitative estimate of drug-likeness (QED) is 0.637. The van der Waals surface area contributed by atoms with Gasteiger partial charge in [0.2, 0.25) is 0 Å². The molecule has 2 aromatic carbocycles. The first-order chi connectivity index (χ1) is 12.8. The van der Waals surface area contributed by atoms with E-state index < -0.39 is 11.7 Å². The second kappa shape index (κ2) is 7.48. The molecule has 10 heteroatoms. The van der Waals surface area contributed by atoms with Crippen LogP contribution in [0, 0.1) is 0 Å². The predicted molar refractivity (Wildman–Crippen MR) is 106 cm³/mol. The summed E-state index contributed by atoms with van der Waals surface area (Å²) < 4.78 is 40.8. The molecule has 28 heavy (non-hydrogen) atoms. The van der Waals surface area contributed by atoms with E-state index in [1.807, 2.05) is 18.2 Å². The van der Waals surface area contributed by atoms with Crippen LogP contribution in [0.2, 0.25) is 0 Å². The Morgan fingerprint density at radius 1 is 1.14 bits per heavy atom. The van der Waals surface area contributed by atoms with Gasteiger partial charge in [-0.1, -0.05) is 30.0 Å². The first-order valence-corrected chi connectivity index (χ1v) is 8.95. The Balaban J connectivity index is 0.00000225. The fraction of sp³-hybridized carbons (Fsp3) is 0.167. The monoisotopic (exact) mass is 426 g/mol. The van der Waals surface area contributed by atoms with Crippen molar-refractivity contribution in [1.29, 1.82) is 0 Å². The Hall–Kier alpha value is -2.52. The minimum absolute atomic E-state index is 0. The van der Waals surface area contributed by atoms with Crippen LogP contribution in [0.25, 0.3) is 22.4 Å². The number of benzene rings is 2. The van der Waals surface area contributed by atoms with Crippen LogP contribution in [0.4, 0.5) is 18.0 Å². The number of fused-ring (bicyclic) bond motifs is 1. The molecule has 1 amide bonds. The average molecular weight is 427 g/mol. The zero-order valence-corrected chi connectivity index (χ0v) is 16.1. The molecule has 1 aromatic heterocycles. The third-order valence-electron chi connectivity index (χ3n) is 4.28. The van der Waals surface area contributed by atoms with Gasteiger partial charge in [-0.25, -0.2) is 10.4 Å². The lowest BCUT2D eigenvalue weighted by Gasteiger charge is -2.11. The molecule has 0 atom stereocenters. The molecule has 1 aliphatic rings. The standard InChI is InChI=1S/C18H13F3N4OS.ClH/c1-25-15-6-5-10(14-9-27-17(26)24-23-14)8-13(15)22-16(25)11-3-2-4-12(7-11)18(19,20)21;/h2-8H,9H2,1H3,(H,24,26);1H. The van der Waals surface area contributed by atoms with Gasteiger partial charge >= 0.3 is 6.18 Å². The largest absolute Gasteiger partial charge is 0.416 e. The zero-order chi connectivity index (χ0) is 19.2. The molecule has 3 aromatic rings. The second-order valence-electron chi connectivity index (χ2n) is 6.02. The van der Waals surface area contributed by atoms with Crippen molar-refractivity contribution in [2.24, 2.45) is 12.1 Å². The van der Waals surface area contributed by atoms with Crippen molar-refractivity contribution in [3.8, 4) is 11.4 Å². The van der Waals surface area contributed by atoms with Gasteiger partial charge in [0.1, 0.15) is 5.82 Å². The molecule has 1 aliphatic heterocycles. The second-order valence-corrected chi connectivity index (χ2v) is 6.97. The Labute approximate surface area is 168 Å². The number of hydrazone groups is 1. The topological polar surface area (TPSA) is 59.3 Å². The molecule has 0 bridgehead atoms. The predicted octanol–water partition coefficient (Wildman–Crippen LogP) is 4.84. The summed E-state index contributed by atoms with van der Waals surface area (Å²) in [6, 6.07) is 10.6. The van der Waals surface area contributed by atoms with Gasteiger partial charge in [0.15, 0.2) is 0 Å². The first kappa shape index (κ1) is 20.2. The van der Waals surface area contributed by atoms with Gasteiger partial charge in [-0.05, 0) is 24.3 Å². The van der Waals surface area contributed by atoms with Crippen molar-refractivity contribution in [2.45, 2.75) is 6.18 Å². The van der Waals surface area contributed by atoms with Crippen molar-refractivity contribution in [1.82, 2.24) is 15.0 Å². The number of carbonyl (C=O) groups is 1. The summed E-state index contributed by atoms with van der Waals surface area (Å²) in [4.78, 5) is 15.7. The number of amides is 1. The van der Waals surface area contributed by atoms with Gasteiger partial charge in [-0.2, -0.15) is 18.3 Å². The lowest BCUT2D eigenvalue weighted by Crippen LogP contribution is -2.23. The highest BCUT2D eigenvalue weighted by Crippen LogP contribution is 2.33. The van der Waals surface area contributed by atoms with Crippen LogP contribution in [-0.4, -0.2) is 26.3 Å². The van der Waals surface area contributed by atoms with E-state index in [0.717, 1.165) is 35.0 Å². The molecule has 0 radical (unpaired) electrons. The molecule has 0 spiro atoms. The molecule has 0 unspecified atom stereocenters. The first-order valence-electron chi connectivity index (χ1n) is 7.97. The summed E-state index contributed by atoms with van der Waals surface area (Å²) in [6.45, 7) is 0. The van der Waals surface area contributed by atoms with Gasteiger partial charge in [-0.15, -0.1) is 12.4 Å². The third kappa shape index (κ3) is 3.72. The molecular weight excluding hydrogens is 413 g/mol. The van der Waals surface area contributed by atoms with Gasteiger partial charge in [0.05, 0.1) is 22.3 Å².